The van der Waals surface area contributed by atoms with Gasteiger partial charge in [0.15, 0.2) is 0 Å². The second-order valence-corrected chi connectivity index (χ2v) is 8.89. The highest BCUT2D eigenvalue weighted by Crippen LogP contribution is 2.37. The van der Waals surface area contributed by atoms with Gasteiger partial charge in [-0.1, -0.05) is 90.1 Å². The zero-order valence-corrected chi connectivity index (χ0v) is 27.9. The first-order valence-electron chi connectivity index (χ1n) is 14.7. The van der Waals surface area contributed by atoms with Crippen molar-refractivity contribution >= 4 is 17.5 Å². The lowest BCUT2D eigenvalue weighted by Gasteiger charge is -2.39. The molecule has 42 heavy (non-hydrogen) atoms. The quantitative estimate of drug-likeness (QED) is 0.151. The third-order valence-electron chi connectivity index (χ3n) is 5.93. The fourth-order valence-electron chi connectivity index (χ4n) is 3.90. The molecule has 3 aromatic rings. The first-order chi connectivity index (χ1) is 20.0. The van der Waals surface area contributed by atoms with Crippen molar-refractivity contribution in [3.63, 3.8) is 0 Å². The van der Waals surface area contributed by atoms with Gasteiger partial charge in [-0.3, -0.25) is 5.41 Å². The van der Waals surface area contributed by atoms with Gasteiger partial charge in [0, 0.05) is 25.6 Å². The molecule has 0 fully saturated rings. The Morgan fingerprint density at radius 3 is 1.86 bits per heavy atom. The first-order valence-corrected chi connectivity index (χ1v) is 14.7. The fourth-order valence-corrected chi connectivity index (χ4v) is 3.90. The lowest BCUT2D eigenvalue weighted by molar-refractivity contribution is -0.142. The summed E-state index contributed by atoms with van der Waals surface area (Å²) in [6, 6.07) is 19.6. The number of hydrogen-bond acceptors (Lipinski definition) is 6. The van der Waals surface area contributed by atoms with Gasteiger partial charge in [0.2, 0.25) is 5.88 Å². The molecule has 0 bridgehead atoms. The highest BCUT2D eigenvalue weighted by molar-refractivity contribution is 5.85. The molecule has 1 atom stereocenters. The largest absolute Gasteiger partial charge is 0.479 e. The van der Waals surface area contributed by atoms with E-state index in [2.05, 4.69) is 17.4 Å². The highest BCUT2D eigenvalue weighted by Gasteiger charge is 2.39. The zero-order chi connectivity index (χ0) is 32.9. The van der Waals surface area contributed by atoms with Crippen molar-refractivity contribution in [1.82, 2.24) is 10.3 Å². The maximum Gasteiger partial charge on any atom is 0.330 e. The topological polar surface area (TPSA) is 125 Å². The van der Waals surface area contributed by atoms with Crippen LogP contribution < -0.4 is 20.7 Å². The molecule has 8 heteroatoms. The smallest absolute Gasteiger partial charge is 0.330 e. The highest BCUT2D eigenvalue weighted by atomic mass is 16.5. The molecule has 0 saturated heterocycles. The van der Waals surface area contributed by atoms with E-state index in [-0.39, 0.29) is 12.4 Å². The van der Waals surface area contributed by atoms with E-state index in [0.717, 1.165) is 28.1 Å². The number of amidine groups is 1. The molecule has 2 aromatic carbocycles. The number of nitrogens with one attached hydrogen (secondary N) is 2. The molecule has 0 aliphatic rings. The number of nitrogens with zero attached hydrogens (tertiary/aromatic N) is 2. The number of aliphatic carboxylic acids is 1. The summed E-state index contributed by atoms with van der Waals surface area (Å²) in [5.41, 5.74) is 8.08. The zero-order valence-electron chi connectivity index (χ0n) is 27.9. The van der Waals surface area contributed by atoms with Gasteiger partial charge in [0.1, 0.15) is 11.3 Å². The molecule has 234 valence electrons. The second kappa shape index (κ2) is 21.8. The van der Waals surface area contributed by atoms with Crippen LogP contribution in [0.25, 0.3) is 0 Å². The van der Waals surface area contributed by atoms with Gasteiger partial charge in [-0.05, 0) is 58.0 Å². The van der Waals surface area contributed by atoms with Crippen LogP contribution in [0.3, 0.4) is 0 Å². The van der Waals surface area contributed by atoms with Gasteiger partial charge in [0.05, 0.1) is 17.2 Å². The average Bonchev–Trinajstić information content (AvgIpc) is 2.99. The summed E-state index contributed by atoms with van der Waals surface area (Å²) in [6.45, 7) is 19.5. The van der Waals surface area contributed by atoms with E-state index in [1.165, 1.54) is 6.92 Å². The standard InChI is InChI=1S/C26H31N3O3.C2H6N2.3C2H6/c1-18-22(16-20-12-8-6-9-13-20)28-24(32-21-14-10-7-11-15-21)19(2)23(18)29(5)26(3,17-27-4)25(30)31;1-2(3)4;3*1-2/h6-15,27H,16-17H2,1-5H3,(H,30,31);1H3,(H3,3,4);3*1-2H3. The molecule has 5 N–H and O–H groups in total. The number of benzene rings is 2. The molecular formula is C34H55N5O3. The molecule has 0 aliphatic heterocycles. The molecule has 0 radical (unpaired) electrons. The number of aromatic nitrogens is 1. The van der Waals surface area contributed by atoms with Gasteiger partial charge in [-0.15, -0.1) is 0 Å². The van der Waals surface area contributed by atoms with Gasteiger partial charge >= 0.3 is 5.97 Å². The van der Waals surface area contributed by atoms with Gasteiger partial charge in [0.25, 0.3) is 0 Å². The van der Waals surface area contributed by atoms with Crippen LogP contribution in [0.4, 0.5) is 5.69 Å². The number of anilines is 1. The van der Waals surface area contributed by atoms with Crippen molar-refractivity contribution < 1.29 is 14.6 Å². The van der Waals surface area contributed by atoms with Crippen molar-refractivity contribution in [2.75, 3.05) is 25.5 Å². The van der Waals surface area contributed by atoms with E-state index in [1.807, 2.05) is 116 Å². The Hall–Kier alpha value is -3.91. The molecule has 0 amide bonds. The van der Waals surface area contributed by atoms with Crippen molar-refractivity contribution in [2.24, 2.45) is 5.73 Å². The number of likely N-dealkylation sites (N-methyl/N-ethyl adjacent to an activating group) is 2. The summed E-state index contributed by atoms with van der Waals surface area (Å²) in [5.74, 6) is 0.425. The van der Waals surface area contributed by atoms with E-state index < -0.39 is 11.5 Å². The van der Waals surface area contributed by atoms with Gasteiger partial charge in [-0.25, -0.2) is 9.78 Å². The minimum Gasteiger partial charge on any atom is -0.479 e. The fraction of sp³-hybridized carbons (Fsp3) is 0.441. The third kappa shape index (κ3) is 12.3. The van der Waals surface area contributed by atoms with Crippen LogP contribution in [0, 0.1) is 19.3 Å². The van der Waals surface area contributed by atoms with Crippen LogP contribution in [0.15, 0.2) is 60.7 Å². The summed E-state index contributed by atoms with van der Waals surface area (Å²) >= 11 is 0. The van der Waals surface area contributed by atoms with Crippen LogP contribution in [-0.2, 0) is 11.2 Å². The molecule has 0 aliphatic carbocycles. The summed E-state index contributed by atoms with van der Waals surface area (Å²) in [6.07, 6.45) is 0.620. The van der Waals surface area contributed by atoms with Gasteiger partial charge in [-0.2, -0.15) is 0 Å². The molecule has 0 spiro atoms. The van der Waals surface area contributed by atoms with Gasteiger partial charge < -0.3 is 25.8 Å². The molecule has 1 aromatic heterocycles. The Labute approximate surface area is 254 Å². The molecule has 1 heterocycles. The number of ether oxygens (including phenoxy) is 1. The Morgan fingerprint density at radius 2 is 1.43 bits per heavy atom. The number of hydrogen-bond donors (Lipinski definition) is 4. The maximum absolute atomic E-state index is 12.3. The minimum absolute atomic E-state index is 0.167. The number of carboxylic acid groups (broad SMARTS) is 1. The predicted molar refractivity (Wildman–Crippen MR) is 179 cm³/mol. The number of para-hydroxylation sites is 1. The average molecular weight is 582 g/mol. The first kappa shape index (κ1) is 40.2. The number of rotatable bonds is 9. The number of nitrogens with two attached hydrogens (primary N) is 1. The van der Waals surface area contributed by atoms with Crippen molar-refractivity contribution in [2.45, 2.75) is 81.2 Å². The Morgan fingerprint density at radius 1 is 0.976 bits per heavy atom. The van der Waals surface area contributed by atoms with Crippen LogP contribution in [0.5, 0.6) is 11.6 Å². The lowest BCUT2D eigenvalue weighted by atomic mass is 9.95. The van der Waals surface area contributed by atoms with Crippen molar-refractivity contribution in [1.29, 1.82) is 5.41 Å². The predicted octanol–water partition coefficient (Wildman–Crippen LogP) is 7.60. The normalized spacial score (nSPS) is 10.8. The summed E-state index contributed by atoms with van der Waals surface area (Å²) < 4.78 is 6.17. The maximum atomic E-state index is 12.3. The molecule has 1 unspecified atom stereocenters. The van der Waals surface area contributed by atoms with E-state index in [9.17, 15) is 9.90 Å². The summed E-state index contributed by atoms with van der Waals surface area (Å²) in [5, 5.41) is 19.4. The van der Waals surface area contributed by atoms with E-state index in [0.29, 0.717) is 18.1 Å². The van der Waals surface area contributed by atoms with Crippen LogP contribution in [0.1, 0.15) is 77.8 Å². The SMILES string of the molecule is CC.CC.CC.CC(=N)N.CNCC(C)(C(=O)O)N(C)c1c(C)c(Cc2ccccc2)nc(Oc2ccccc2)c1C. The number of pyridine rings is 1. The van der Waals surface area contributed by atoms with E-state index in [1.54, 1.807) is 14.0 Å². The third-order valence-corrected chi connectivity index (χ3v) is 5.93. The van der Waals surface area contributed by atoms with E-state index >= 15 is 0 Å². The summed E-state index contributed by atoms with van der Waals surface area (Å²) in [7, 11) is 3.57. The lowest BCUT2D eigenvalue weighted by Crippen LogP contribution is -2.57. The molecule has 0 saturated carbocycles. The van der Waals surface area contributed by atoms with Crippen LogP contribution >= 0.6 is 0 Å². The van der Waals surface area contributed by atoms with Crippen LogP contribution in [-0.4, -0.2) is 48.1 Å². The van der Waals surface area contributed by atoms with E-state index in [4.69, 9.17) is 20.9 Å². The molecule has 3 rings (SSSR count). The van der Waals surface area contributed by atoms with Crippen molar-refractivity contribution in [3.05, 3.63) is 83.0 Å². The molecular weight excluding hydrogens is 526 g/mol. The second-order valence-electron chi connectivity index (χ2n) is 8.89. The Bertz CT molecular complexity index is 1100. The Balaban J connectivity index is 0. The monoisotopic (exact) mass is 581 g/mol. The van der Waals surface area contributed by atoms with Crippen LogP contribution in [0.2, 0.25) is 0 Å². The minimum atomic E-state index is -1.15. The summed E-state index contributed by atoms with van der Waals surface area (Å²) in [4.78, 5) is 19.0. The number of carboxylic acids is 1. The molecule has 8 nitrogen and oxygen atoms in total. The van der Waals surface area contributed by atoms with Crippen molar-refractivity contribution in [3.8, 4) is 11.6 Å². The number of carbonyl (C=O) groups is 1. The Kier molecular flexibility index (Phi) is 20.9.